The van der Waals surface area contributed by atoms with Crippen molar-refractivity contribution in [2.24, 2.45) is 0 Å². The van der Waals surface area contributed by atoms with Gasteiger partial charge in [-0.3, -0.25) is 0 Å². The summed E-state index contributed by atoms with van der Waals surface area (Å²) in [6.07, 6.45) is 6.48. The van der Waals surface area contributed by atoms with Crippen LogP contribution in [0.4, 0.5) is 5.69 Å². The number of aryl methyl sites for hydroxylation is 3. The summed E-state index contributed by atoms with van der Waals surface area (Å²) in [7, 11) is 0. The number of anilines is 1. The van der Waals surface area contributed by atoms with Crippen LogP contribution in [0.1, 0.15) is 29.5 Å². The van der Waals surface area contributed by atoms with Crippen LogP contribution in [0.25, 0.3) is 0 Å². The maximum Gasteiger partial charge on any atom is 0.0928 e. The van der Waals surface area contributed by atoms with Crippen LogP contribution in [0.2, 0.25) is 0 Å². The van der Waals surface area contributed by atoms with Crippen LogP contribution >= 0.6 is 11.3 Å². The number of thiazole rings is 1. The zero-order valence-corrected chi connectivity index (χ0v) is 11.5. The van der Waals surface area contributed by atoms with E-state index in [1.165, 1.54) is 34.7 Å². The highest BCUT2D eigenvalue weighted by molar-refractivity contribution is 7.09. The summed E-state index contributed by atoms with van der Waals surface area (Å²) in [4.78, 5) is 4.33. The molecule has 1 unspecified atom stereocenters. The molecule has 1 aromatic carbocycles. The molecule has 3 rings (SSSR count). The van der Waals surface area contributed by atoms with Crippen molar-refractivity contribution < 1.29 is 0 Å². The molecule has 2 nitrogen and oxygen atoms in total. The van der Waals surface area contributed by atoms with Gasteiger partial charge in [-0.15, -0.1) is 11.3 Å². The second-order valence-corrected chi connectivity index (χ2v) is 5.98. The summed E-state index contributed by atoms with van der Waals surface area (Å²) in [5.74, 6) is 0. The van der Waals surface area contributed by atoms with E-state index in [0.29, 0.717) is 6.04 Å². The van der Waals surface area contributed by atoms with Gasteiger partial charge in [0.25, 0.3) is 0 Å². The molecule has 3 heteroatoms. The first kappa shape index (κ1) is 11.7. The molecule has 18 heavy (non-hydrogen) atoms. The van der Waals surface area contributed by atoms with Crippen LogP contribution in [-0.4, -0.2) is 11.0 Å². The summed E-state index contributed by atoms with van der Waals surface area (Å²) >= 11 is 1.75. The van der Waals surface area contributed by atoms with Crippen LogP contribution in [-0.2, 0) is 19.3 Å². The average molecular weight is 258 g/mol. The Morgan fingerprint density at radius 2 is 2.33 bits per heavy atom. The standard InChI is InChI=1S/C15H18N2S/c1-11-2-5-13-10-12(3-6-14(13)17-11)4-7-15-16-8-9-18-15/h3,6,8-11,17H,2,4-5,7H2,1H3. The molecule has 0 aliphatic carbocycles. The van der Waals surface area contributed by atoms with E-state index in [0.717, 1.165) is 12.8 Å². The number of aromatic nitrogens is 1. The van der Waals surface area contributed by atoms with Gasteiger partial charge in [-0.2, -0.15) is 0 Å². The van der Waals surface area contributed by atoms with Gasteiger partial charge < -0.3 is 5.32 Å². The minimum absolute atomic E-state index is 0.610. The molecule has 1 aliphatic rings. The predicted molar refractivity (Wildman–Crippen MR) is 77.4 cm³/mol. The van der Waals surface area contributed by atoms with Crippen LogP contribution in [0, 0.1) is 0 Å². The Balaban J connectivity index is 1.70. The van der Waals surface area contributed by atoms with Crippen molar-refractivity contribution in [1.82, 2.24) is 4.98 Å². The number of rotatable bonds is 3. The predicted octanol–water partition coefficient (Wildman–Crippen LogP) is 3.67. The molecule has 0 radical (unpaired) electrons. The van der Waals surface area contributed by atoms with Gasteiger partial charge in [-0.1, -0.05) is 12.1 Å². The number of fused-ring (bicyclic) bond motifs is 1. The van der Waals surface area contributed by atoms with Gasteiger partial charge in [0.15, 0.2) is 0 Å². The first-order valence-electron chi connectivity index (χ1n) is 6.58. The lowest BCUT2D eigenvalue weighted by molar-refractivity contribution is 0.680. The molecule has 0 saturated heterocycles. The van der Waals surface area contributed by atoms with Gasteiger partial charge >= 0.3 is 0 Å². The van der Waals surface area contributed by atoms with Crippen molar-refractivity contribution >= 4 is 17.0 Å². The molecule has 0 amide bonds. The van der Waals surface area contributed by atoms with Gasteiger partial charge in [-0.05, 0) is 43.4 Å². The summed E-state index contributed by atoms with van der Waals surface area (Å²) < 4.78 is 0. The molecule has 1 atom stereocenters. The largest absolute Gasteiger partial charge is 0.382 e. The second kappa shape index (κ2) is 5.11. The Labute approximate surface area is 112 Å². The monoisotopic (exact) mass is 258 g/mol. The smallest absolute Gasteiger partial charge is 0.0928 e. The molecule has 2 heterocycles. The molecule has 0 fully saturated rings. The molecule has 1 N–H and O–H groups in total. The van der Waals surface area contributed by atoms with Crippen LogP contribution < -0.4 is 5.32 Å². The topological polar surface area (TPSA) is 24.9 Å². The quantitative estimate of drug-likeness (QED) is 0.908. The Kier molecular flexibility index (Phi) is 3.33. The molecular formula is C15H18N2S. The van der Waals surface area contributed by atoms with Crippen molar-refractivity contribution in [2.45, 2.75) is 38.6 Å². The molecule has 2 aromatic rings. The average Bonchev–Trinajstić information content (AvgIpc) is 2.89. The molecular weight excluding hydrogens is 240 g/mol. The van der Waals surface area contributed by atoms with E-state index in [2.05, 4.69) is 35.4 Å². The molecule has 0 saturated carbocycles. The van der Waals surface area contributed by atoms with Crippen molar-refractivity contribution in [3.05, 3.63) is 45.9 Å². The second-order valence-electron chi connectivity index (χ2n) is 5.00. The van der Waals surface area contributed by atoms with Crippen molar-refractivity contribution in [3.8, 4) is 0 Å². The van der Waals surface area contributed by atoms with Crippen molar-refractivity contribution in [2.75, 3.05) is 5.32 Å². The number of hydrogen-bond acceptors (Lipinski definition) is 3. The maximum absolute atomic E-state index is 4.33. The van der Waals surface area contributed by atoms with Gasteiger partial charge in [0.05, 0.1) is 5.01 Å². The fourth-order valence-corrected chi connectivity index (χ4v) is 3.11. The Bertz CT molecular complexity index is 519. The Hall–Kier alpha value is -1.35. The van der Waals surface area contributed by atoms with E-state index in [1.807, 2.05) is 11.6 Å². The highest BCUT2D eigenvalue weighted by Crippen LogP contribution is 2.26. The third kappa shape index (κ3) is 2.56. The van der Waals surface area contributed by atoms with Crippen LogP contribution in [0.15, 0.2) is 29.8 Å². The third-order valence-corrected chi connectivity index (χ3v) is 4.37. The highest BCUT2D eigenvalue weighted by Gasteiger charge is 2.13. The first-order chi connectivity index (χ1) is 8.81. The molecule has 1 aromatic heterocycles. The zero-order chi connectivity index (χ0) is 12.4. The minimum atomic E-state index is 0.610. The number of benzene rings is 1. The van der Waals surface area contributed by atoms with Crippen molar-refractivity contribution in [1.29, 1.82) is 0 Å². The number of hydrogen-bond donors (Lipinski definition) is 1. The molecule has 94 valence electrons. The molecule has 0 spiro atoms. The van der Waals surface area contributed by atoms with E-state index in [1.54, 1.807) is 11.3 Å². The lowest BCUT2D eigenvalue weighted by atomic mass is 9.96. The Morgan fingerprint density at radius 1 is 1.39 bits per heavy atom. The van der Waals surface area contributed by atoms with Crippen LogP contribution in [0.5, 0.6) is 0 Å². The Morgan fingerprint density at radius 3 is 3.17 bits per heavy atom. The number of nitrogens with one attached hydrogen (secondary N) is 1. The SMILES string of the molecule is CC1CCc2cc(CCc3nccs3)ccc2N1. The van der Waals surface area contributed by atoms with E-state index in [4.69, 9.17) is 0 Å². The minimum Gasteiger partial charge on any atom is -0.382 e. The first-order valence-corrected chi connectivity index (χ1v) is 7.46. The fourth-order valence-electron chi connectivity index (χ4n) is 2.49. The summed E-state index contributed by atoms with van der Waals surface area (Å²) in [5, 5.41) is 6.83. The third-order valence-electron chi connectivity index (χ3n) is 3.53. The summed E-state index contributed by atoms with van der Waals surface area (Å²) in [6, 6.07) is 7.46. The number of nitrogens with zero attached hydrogens (tertiary/aromatic N) is 1. The van der Waals surface area contributed by atoms with Crippen LogP contribution in [0.3, 0.4) is 0 Å². The normalized spacial score (nSPS) is 18.2. The van der Waals surface area contributed by atoms with E-state index < -0.39 is 0 Å². The maximum atomic E-state index is 4.33. The van der Waals surface area contributed by atoms with E-state index in [9.17, 15) is 0 Å². The van der Waals surface area contributed by atoms with Gasteiger partial charge in [0.1, 0.15) is 0 Å². The van der Waals surface area contributed by atoms with Gasteiger partial charge in [0, 0.05) is 29.7 Å². The van der Waals surface area contributed by atoms with Crippen molar-refractivity contribution in [3.63, 3.8) is 0 Å². The van der Waals surface area contributed by atoms with E-state index in [-0.39, 0.29) is 0 Å². The lowest BCUT2D eigenvalue weighted by Gasteiger charge is -2.24. The summed E-state index contributed by atoms with van der Waals surface area (Å²) in [5.41, 5.74) is 4.23. The highest BCUT2D eigenvalue weighted by atomic mass is 32.1. The van der Waals surface area contributed by atoms with E-state index >= 15 is 0 Å². The fraction of sp³-hybridized carbons (Fsp3) is 0.400. The zero-order valence-electron chi connectivity index (χ0n) is 10.6. The van der Waals surface area contributed by atoms with Gasteiger partial charge in [-0.25, -0.2) is 4.98 Å². The van der Waals surface area contributed by atoms with Gasteiger partial charge in [0.2, 0.25) is 0 Å². The summed E-state index contributed by atoms with van der Waals surface area (Å²) in [6.45, 7) is 2.25. The molecule has 1 aliphatic heterocycles. The molecule has 0 bridgehead atoms. The lowest BCUT2D eigenvalue weighted by Crippen LogP contribution is -2.21.